The third kappa shape index (κ3) is 4.97. The molecule has 2 rings (SSSR count). The fourth-order valence-electron chi connectivity index (χ4n) is 2.20. The standard InChI is InChI=1S/C14H22N4.HI/c1-3-15-14(18-9-4-5-10-18)16-11-13-8-6-7-12(2)17-13;/h6-8H,3-5,9-11H2,1-2H3,(H,15,16);1H. The van der Waals surface area contributed by atoms with Crippen molar-refractivity contribution >= 4 is 29.9 Å². The van der Waals surface area contributed by atoms with E-state index in [1.807, 2.05) is 25.1 Å². The van der Waals surface area contributed by atoms with E-state index in [0.29, 0.717) is 6.54 Å². The number of aliphatic imine (C=N–C) groups is 1. The van der Waals surface area contributed by atoms with Crippen molar-refractivity contribution in [1.29, 1.82) is 0 Å². The maximum absolute atomic E-state index is 4.68. The normalized spacial score (nSPS) is 15.3. The number of hydrogen-bond donors (Lipinski definition) is 1. The largest absolute Gasteiger partial charge is 0.357 e. The summed E-state index contributed by atoms with van der Waals surface area (Å²) in [5.41, 5.74) is 2.08. The van der Waals surface area contributed by atoms with Crippen LogP contribution >= 0.6 is 24.0 Å². The molecule has 0 spiro atoms. The van der Waals surface area contributed by atoms with Crippen molar-refractivity contribution in [3.63, 3.8) is 0 Å². The molecule has 0 amide bonds. The van der Waals surface area contributed by atoms with Crippen molar-refractivity contribution in [2.24, 2.45) is 4.99 Å². The number of pyridine rings is 1. The third-order valence-electron chi connectivity index (χ3n) is 3.08. The first-order chi connectivity index (χ1) is 8.79. The van der Waals surface area contributed by atoms with Crippen LogP contribution in [0.5, 0.6) is 0 Å². The van der Waals surface area contributed by atoms with Gasteiger partial charge in [-0.3, -0.25) is 4.98 Å². The predicted molar refractivity (Wildman–Crippen MR) is 90.0 cm³/mol. The molecule has 0 aliphatic carbocycles. The minimum absolute atomic E-state index is 0. The summed E-state index contributed by atoms with van der Waals surface area (Å²) >= 11 is 0. The molecule has 0 atom stereocenters. The van der Waals surface area contributed by atoms with Gasteiger partial charge in [0.15, 0.2) is 5.96 Å². The topological polar surface area (TPSA) is 40.5 Å². The summed E-state index contributed by atoms with van der Waals surface area (Å²) in [6, 6.07) is 6.08. The molecule has 0 bridgehead atoms. The first-order valence-electron chi connectivity index (χ1n) is 6.75. The summed E-state index contributed by atoms with van der Waals surface area (Å²) in [6.45, 7) is 7.92. The maximum Gasteiger partial charge on any atom is 0.194 e. The molecular weight excluding hydrogens is 351 g/mol. The van der Waals surface area contributed by atoms with Gasteiger partial charge in [0.05, 0.1) is 12.2 Å². The van der Waals surface area contributed by atoms with E-state index in [1.54, 1.807) is 0 Å². The highest BCUT2D eigenvalue weighted by molar-refractivity contribution is 14.0. The van der Waals surface area contributed by atoms with E-state index < -0.39 is 0 Å². The maximum atomic E-state index is 4.68. The van der Waals surface area contributed by atoms with E-state index in [-0.39, 0.29) is 24.0 Å². The summed E-state index contributed by atoms with van der Waals surface area (Å²) in [7, 11) is 0. The van der Waals surface area contributed by atoms with Crippen LogP contribution in [0.3, 0.4) is 0 Å². The zero-order chi connectivity index (χ0) is 12.8. The highest BCUT2D eigenvalue weighted by atomic mass is 127. The summed E-state index contributed by atoms with van der Waals surface area (Å²) in [5, 5.41) is 3.36. The summed E-state index contributed by atoms with van der Waals surface area (Å²) in [5.74, 6) is 1.03. The molecule has 1 fully saturated rings. The Morgan fingerprint density at radius 1 is 1.37 bits per heavy atom. The molecule has 1 aromatic heterocycles. The minimum atomic E-state index is 0. The zero-order valence-electron chi connectivity index (χ0n) is 11.7. The number of nitrogens with zero attached hydrogens (tertiary/aromatic N) is 3. The first-order valence-corrected chi connectivity index (χ1v) is 6.75. The second-order valence-electron chi connectivity index (χ2n) is 4.63. The lowest BCUT2D eigenvalue weighted by Crippen LogP contribution is -2.39. The summed E-state index contributed by atoms with van der Waals surface area (Å²) in [6.07, 6.45) is 2.54. The van der Waals surface area contributed by atoms with E-state index in [1.165, 1.54) is 12.8 Å². The molecular formula is C14H23IN4. The predicted octanol–water partition coefficient (Wildman–Crippen LogP) is 2.57. The van der Waals surface area contributed by atoms with Crippen molar-refractivity contribution in [3.8, 4) is 0 Å². The van der Waals surface area contributed by atoms with Crippen molar-refractivity contribution in [1.82, 2.24) is 15.2 Å². The minimum Gasteiger partial charge on any atom is -0.357 e. The van der Waals surface area contributed by atoms with Gasteiger partial charge in [0.1, 0.15) is 0 Å². The smallest absolute Gasteiger partial charge is 0.194 e. The fourth-order valence-corrected chi connectivity index (χ4v) is 2.20. The number of rotatable bonds is 3. The van der Waals surface area contributed by atoms with E-state index in [9.17, 15) is 0 Å². The molecule has 1 saturated heterocycles. The lowest BCUT2D eigenvalue weighted by Gasteiger charge is -2.20. The highest BCUT2D eigenvalue weighted by Gasteiger charge is 2.15. The Bertz CT molecular complexity index is 414. The van der Waals surface area contributed by atoms with Crippen molar-refractivity contribution < 1.29 is 0 Å². The number of aromatic nitrogens is 1. The van der Waals surface area contributed by atoms with Crippen molar-refractivity contribution in [2.45, 2.75) is 33.2 Å². The van der Waals surface area contributed by atoms with Gasteiger partial charge in [-0.05, 0) is 38.8 Å². The number of aryl methyl sites for hydroxylation is 1. The average Bonchev–Trinajstić information content (AvgIpc) is 2.88. The molecule has 0 aromatic carbocycles. The molecule has 1 aliphatic rings. The molecule has 0 saturated carbocycles. The first kappa shape index (κ1) is 16.2. The Balaban J connectivity index is 0.00000180. The van der Waals surface area contributed by atoms with E-state index in [4.69, 9.17) is 0 Å². The number of likely N-dealkylation sites (tertiary alicyclic amines) is 1. The van der Waals surface area contributed by atoms with E-state index >= 15 is 0 Å². The lowest BCUT2D eigenvalue weighted by molar-refractivity contribution is 0.493. The lowest BCUT2D eigenvalue weighted by atomic mass is 10.3. The van der Waals surface area contributed by atoms with Gasteiger partial charge in [0.25, 0.3) is 0 Å². The fraction of sp³-hybridized carbons (Fsp3) is 0.571. The Kier molecular flexibility index (Phi) is 7.12. The van der Waals surface area contributed by atoms with Crippen LogP contribution in [0.15, 0.2) is 23.2 Å². The SMILES string of the molecule is CCNC(=NCc1cccc(C)n1)N1CCCC1.I. The summed E-state index contributed by atoms with van der Waals surface area (Å²) < 4.78 is 0. The molecule has 1 aromatic rings. The Morgan fingerprint density at radius 3 is 2.74 bits per heavy atom. The van der Waals surface area contributed by atoms with Gasteiger partial charge in [0, 0.05) is 25.3 Å². The molecule has 1 aliphatic heterocycles. The Hall–Kier alpha value is -0.850. The van der Waals surface area contributed by atoms with Crippen LogP contribution in [-0.2, 0) is 6.54 Å². The van der Waals surface area contributed by atoms with Crippen LogP contribution < -0.4 is 5.32 Å². The van der Waals surface area contributed by atoms with Crippen LogP contribution in [-0.4, -0.2) is 35.5 Å². The van der Waals surface area contributed by atoms with Crippen molar-refractivity contribution in [3.05, 3.63) is 29.6 Å². The monoisotopic (exact) mass is 374 g/mol. The molecule has 0 radical (unpaired) electrons. The average molecular weight is 374 g/mol. The van der Waals surface area contributed by atoms with E-state index in [2.05, 4.69) is 27.1 Å². The molecule has 2 heterocycles. The van der Waals surface area contributed by atoms with Gasteiger partial charge < -0.3 is 10.2 Å². The molecule has 5 heteroatoms. The number of halogens is 1. The van der Waals surface area contributed by atoms with Gasteiger partial charge in [-0.25, -0.2) is 4.99 Å². The molecule has 19 heavy (non-hydrogen) atoms. The quantitative estimate of drug-likeness (QED) is 0.502. The van der Waals surface area contributed by atoms with Gasteiger partial charge in [0.2, 0.25) is 0 Å². The second kappa shape index (κ2) is 8.35. The van der Waals surface area contributed by atoms with Crippen LogP contribution in [0.1, 0.15) is 31.2 Å². The third-order valence-corrected chi connectivity index (χ3v) is 3.08. The zero-order valence-corrected chi connectivity index (χ0v) is 14.1. The van der Waals surface area contributed by atoms with Crippen molar-refractivity contribution in [2.75, 3.05) is 19.6 Å². The van der Waals surface area contributed by atoms with Crippen LogP contribution in [0, 0.1) is 6.92 Å². The Labute approximate surface area is 132 Å². The van der Waals surface area contributed by atoms with Crippen LogP contribution in [0.25, 0.3) is 0 Å². The molecule has 4 nitrogen and oxygen atoms in total. The molecule has 0 unspecified atom stereocenters. The second-order valence-corrected chi connectivity index (χ2v) is 4.63. The summed E-state index contributed by atoms with van der Waals surface area (Å²) in [4.78, 5) is 11.5. The van der Waals surface area contributed by atoms with Gasteiger partial charge in [-0.15, -0.1) is 24.0 Å². The Morgan fingerprint density at radius 2 is 2.11 bits per heavy atom. The van der Waals surface area contributed by atoms with Crippen LogP contribution in [0.2, 0.25) is 0 Å². The molecule has 106 valence electrons. The number of guanidine groups is 1. The molecule has 1 N–H and O–H groups in total. The number of nitrogens with one attached hydrogen (secondary N) is 1. The van der Waals surface area contributed by atoms with Gasteiger partial charge in [-0.1, -0.05) is 6.07 Å². The highest BCUT2D eigenvalue weighted by Crippen LogP contribution is 2.08. The number of hydrogen-bond acceptors (Lipinski definition) is 2. The van der Waals surface area contributed by atoms with E-state index in [0.717, 1.165) is 37.0 Å². The van der Waals surface area contributed by atoms with Crippen LogP contribution in [0.4, 0.5) is 0 Å². The van der Waals surface area contributed by atoms with Gasteiger partial charge >= 0.3 is 0 Å². The van der Waals surface area contributed by atoms with Gasteiger partial charge in [-0.2, -0.15) is 0 Å².